The van der Waals surface area contributed by atoms with Gasteiger partial charge in [0.1, 0.15) is 6.61 Å². The van der Waals surface area contributed by atoms with E-state index in [1.165, 1.54) is 0 Å². The minimum Gasteiger partial charge on any atom is -0.399 e. The fraction of sp³-hybridized carbons (Fsp3) is 0.417. The molecule has 1 amide bonds. The Kier molecular flexibility index (Phi) is 6.70. The number of nitrogen functional groups attached to an aromatic ring is 1. The van der Waals surface area contributed by atoms with Crippen molar-refractivity contribution in [3.05, 3.63) is 22.7 Å². The van der Waals surface area contributed by atoms with Gasteiger partial charge in [-0.05, 0) is 40.5 Å². The largest absolute Gasteiger partial charge is 0.399 e. The van der Waals surface area contributed by atoms with Crippen molar-refractivity contribution in [3.8, 4) is 0 Å². The van der Waals surface area contributed by atoms with E-state index >= 15 is 0 Å². The number of nitrogens with one attached hydrogen (secondary N) is 1. The van der Waals surface area contributed by atoms with Gasteiger partial charge in [0.2, 0.25) is 5.91 Å². The van der Waals surface area contributed by atoms with E-state index in [0.717, 1.165) is 10.9 Å². The van der Waals surface area contributed by atoms with Gasteiger partial charge < -0.3 is 20.5 Å². The monoisotopic (exact) mass is 316 g/mol. The first-order valence-corrected chi connectivity index (χ1v) is 6.34. The first-order valence-electron chi connectivity index (χ1n) is 5.55. The van der Waals surface area contributed by atoms with E-state index in [0.29, 0.717) is 24.6 Å². The Balaban J connectivity index is 2.31. The second kappa shape index (κ2) is 8.07. The van der Waals surface area contributed by atoms with Gasteiger partial charge in [-0.25, -0.2) is 0 Å². The van der Waals surface area contributed by atoms with Crippen molar-refractivity contribution in [1.29, 1.82) is 0 Å². The van der Waals surface area contributed by atoms with Crippen molar-refractivity contribution in [3.63, 3.8) is 0 Å². The molecule has 0 atom stereocenters. The number of halogens is 1. The molecule has 1 aromatic carbocycles. The quantitative estimate of drug-likeness (QED) is 0.596. The summed E-state index contributed by atoms with van der Waals surface area (Å²) in [6, 6.07) is 5.19. The van der Waals surface area contributed by atoms with Crippen LogP contribution in [-0.4, -0.2) is 32.8 Å². The van der Waals surface area contributed by atoms with E-state index in [9.17, 15) is 4.79 Å². The average Bonchev–Trinajstić information content (AvgIpc) is 2.32. The van der Waals surface area contributed by atoms with Gasteiger partial charge in [-0.15, -0.1) is 0 Å². The molecule has 5 nitrogen and oxygen atoms in total. The predicted octanol–water partition coefficient (Wildman–Crippen LogP) is 2.02. The van der Waals surface area contributed by atoms with Gasteiger partial charge in [0.05, 0.1) is 5.69 Å². The summed E-state index contributed by atoms with van der Waals surface area (Å²) in [6.45, 7) is 1.16. The minimum absolute atomic E-state index is 0.0283. The number of anilines is 2. The summed E-state index contributed by atoms with van der Waals surface area (Å²) in [6.07, 6.45) is 0.773. The first-order chi connectivity index (χ1) is 8.63. The Bertz CT molecular complexity index is 399. The average molecular weight is 317 g/mol. The standard InChI is InChI=1S/C12H17BrN2O3/c1-17-5-2-6-18-8-12(16)15-11-4-3-9(14)7-10(11)13/h3-4,7H,2,5-6,8,14H2,1H3,(H,15,16). The highest BCUT2D eigenvalue weighted by Gasteiger charge is 2.05. The molecule has 0 spiro atoms. The number of hydrogen-bond donors (Lipinski definition) is 2. The Hall–Kier alpha value is -1.11. The molecule has 0 aliphatic carbocycles. The Morgan fingerprint density at radius 2 is 2.22 bits per heavy atom. The van der Waals surface area contributed by atoms with Crippen LogP contribution in [0.25, 0.3) is 0 Å². The first kappa shape index (κ1) is 14.9. The van der Waals surface area contributed by atoms with Crippen LogP contribution in [0.15, 0.2) is 22.7 Å². The fourth-order valence-electron chi connectivity index (χ4n) is 1.29. The number of carbonyl (C=O) groups is 1. The Labute approximate surface area is 115 Å². The van der Waals surface area contributed by atoms with Gasteiger partial charge >= 0.3 is 0 Å². The number of ether oxygens (including phenoxy) is 2. The summed E-state index contributed by atoms with van der Waals surface area (Å²) >= 11 is 3.33. The van der Waals surface area contributed by atoms with Crippen molar-refractivity contribution < 1.29 is 14.3 Å². The molecule has 3 N–H and O–H groups in total. The Morgan fingerprint density at radius 3 is 2.89 bits per heavy atom. The maximum atomic E-state index is 11.6. The molecule has 1 aromatic rings. The van der Waals surface area contributed by atoms with Crippen LogP contribution >= 0.6 is 15.9 Å². The number of amides is 1. The molecule has 0 aliphatic rings. The number of nitrogens with two attached hydrogens (primary N) is 1. The van der Waals surface area contributed by atoms with Crippen molar-refractivity contribution in [2.24, 2.45) is 0 Å². The molecule has 18 heavy (non-hydrogen) atoms. The van der Waals surface area contributed by atoms with Gasteiger partial charge in [0.25, 0.3) is 0 Å². The van der Waals surface area contributed by atoms with E-state index < -0.39 is 0 Å². The molecule has 0 aromatic heterocycles. The third-order valence-corrected chi connectivity index (χ3v) is 2.79. The highest BCUT2D eigenvalue weighted by Crippen LogP contribution is 2.24. The second-order valence-electron chi connectivity index (χ2n) is 3.69. The molecule has 0 bridgehead atoms. The van der Waals surface area contributed by atoms with Crippen LogP contribution in [0.1, 0.15) is 6.42 Å². The third kappa shape index (κ3) is 5.48. The number of hydrogen-bond acceptors (Lipinski definition) is 4. The zero-order valence-electron chi connectivity index (χ0n) is 10.2. The molecule has 0 saturated carbocycles. The predicted molar refractivity (Wildman–Crippen MR) is 74.5 cm³/mol. The molecule has 0 radical (unpaired) electrons. The topological polar surface area (TPSA) is 73.6 Å². The lowest BCUT2D eigenvalue weighted by Gasteiger charge is -2.08. The van der Waals surface area contributed by atoms with Crippen LogP contribution in [0, 0.1) is 0 Å². The highest BCUT2D eigenvalue weighted by atomic mass is 79.9. The summed E-state index contributed by atoms with van der Waals surface area (Å²) in [5, 5.41) is 2.73. The van der Waals surface area contributed by atoms with Gasteiger partial charge in [0.15, 0.2) is 0 Å². The fourth-order valence-corrected chi connectivity index (χ4v) is 1.78. The summed E-state index contributed by atoms with van der Waals surface area (Å²) in [5.41, 5.74) is 6.92. The van der Waals surface area contributed by atoms with E-state index in [2.05, 4.69) is 21.2 Å². The summed E-state index contributed by atoms with van der Waals surface area (Å²) in [7, 11) is 1.63. The summed E-state index contributed by atoms with van der Waals surface area (Å²) < 4.78 is 10.8. The molecule has 100 valence electrons. The lowest BCUT2D eigenvalue weighted by atomic mass is 10.3. The van der Waals surface area contributed by atoms with Crippen LogP contribution in [0.3, 0.4) is 0 Å². The Morgan fingerprint density at radius 1 is 1.44 bits per heavy atom. The number of carbonyl (C=O) groups excluding carboxylic acids is 1. The third-order valence-electron chi connectivity index (χ3n) is 2.14. The second-order valence-corrected chi connectivity index (χ2v) is 4.54. The molecule has 0 saturated heterocycles. The maximum Gasteiger partial charge on any atom is 0.250 e. The van der Waals surface area contributed by atoms with E-state index in [4.69, 9.17) is 15.2 Å². The SMILES string of the molecule is COCCCOCC(=O)Nc1ccc(N)cc1Br. The van der Waals surface area contributed by atoms with Crippen molar-refractivity contribution >= 4 is 33.2 Å². The van der Waals surface area contributed by atoms with Crippen LogP contribution < -0.4 is 11.1 Å². The van der Waals surface area contributed by atoms with Gasteiger partial charge in [-0.2, -0.15) is 0 Å². The lowest BCUT2D eigenvalue weighted by Crippen LogP contribution is -2.19. The van der Waals surface area contributed by atoms with Crippen LogP contribution in [0.4, 0.5) is 11.4 Å². The van der Waals surface area contributed by atoms with Gasteiger partial charge in [-0.3, -0.25) is 4.79 Å². The van der Waals surface area contributed by atoms with E-state index in [1.807, 2.05) is 0 Å². The normalized spacial score (nSPS) is 10.3. The molecule has 1 rings (SSSR count). The van der Waals surface area contributed by atoms with Crippen LogP contribution in [0.2, 0.25) is 0 Å². The number of rotatable bonds is 7. The van der Waals surface area contributed by atoms with E-state index in [1.54, 1.807) is 25.3 Å². The summed E-state index contributed by atoms with van der Waals surface area (Å²) in [5.74, 6) is -0.196. The molecule has 0 aliphatic heterocycles. The van der Waals surface area contributed by atoms with Crippen LogP contribution in [0.5, 0.6) is 0 Å². The van der Waals surface area contributed by atoms with Gasteiger partial charge in [0, 0.05) is 30.5 Å². The van der Waals surface area contributed by atoms with Crippen molar-refractivity contribution in [1.82, 2.24) is 0 Å². The molecule has 0 unspecified atom stereocenters. The number of methoxy groups -OCH3 is 1. The molecule has 6 heteroatoms. The summed E-state index contributed by atoms with van der Waals surface area (Å²) in [4.78, 5) is 11.6. The van der Waals surface area contributed by atoms with E-state index in [-0.39, 0.29) is 12.5 Å². The molecular weight excluding hydrogens is 300 g/mol. The molecule has 0 heterocycles. The van der Waals surface area contributed by atoms with Crippen molar-refractivity contribution in [2.45, 2.75) is 6.42 Å². The maximum absolute atomic E-state index is 11.6. The minimum atomic E-state index is -0.196. The van der Waals surface area contributed by atoms with Gasteiger partial charge in [-0.1, -0.05) is 0 Å². The number of benzene rings is 1. The molecular formula is C12H17BrN2O3. The zero-order valence-corrected chi connectivity index (χ0v) is 11.8. The molecule has 0 fully saturated rings. The van der Waals surface area contributed by atoms with Crippen molar-refractivity contribution in [2.75, 3.05) is 38.0 Å². The smallest absolute Gasteiger partial charge is 0.250 e. The van der Waals surface area contributed by atoms with Crippen LogP contribution in [-0.2, 0) is 14.3 Å². The lowest BCUT2D eigenvalue weighted by molar-refractivity contribution is -0.120. The highest BCUT2D eigenvalue weighted by molar-refractivity contribution is 9.10. The zero-order chi connectivity index (χ0) is 13.4.